The molecule has 5 aromatic rings. The molecule has 0 atom stereocenters. The molecular formula is C20H15FN6O2. The lowest BCUT2D eigenvalue weighted by molar-refractivity contribution is 0.446. The van der Waals surface area contributed by atoms with E-state index < -0.39 is 5.95 Å². The third-order valence-electron chi connectivity index (χ3n) is 4.76. The van der Waals surface area contributed by atoms with Gasteiger partial charge in [0.1, 0.15) is 11.3 Å². The molecule has 0 aliphatic carbocycles. The quantitative estimate of drug-likeness (QED) is 0.477. The molecule has 0 bridgehead atoms. The highest BCUT2D eigenvalue weighted by Gasteiger charge is 2.15. The molecule has 4 heterocycles. The first kappa shape index (κ1) is 17.1. The van der Waals surface area contributed by atoms with Crippen LogP contribution in [-0.4, -0.2) is 29.5 Å². The molecule has 1 N–H and O–H groups in total. The number of aromatic nitrogens is 6. The SMILES string of the molecule is Cn1c2cc(Oc3cccc(F)n3)ccc2c2cnn(Cc3cc[nH]n3)c(=O)c21. The van der Waals surface area contributed by atoms with Crippen molar-refractivity contribution in [2.45, 2.75) is 6.54 Å². The fraction of sp³-hybridized carbons (Fsp3) is 0.100. The van der Waals surface area contributed by atoms with E-state index in [1.807, 2.05) is 17.7 Å². The van der Waals surface area contributed by atoms with E-state index in [0.717, 1.165) is 22.0 Å². The summed E-state index contributed by atoms with van der Waals surface area (Å²) in [6, 6.07) is 11.5. The first-order chi connectivity index (χ1) is 14.1. The predicted octanol–water partition coefficient (Wildman–Crippen LogP) is 2.99. The van der Waals surface area contributed by atoms with Crippen LogP contribution < -0.4 is 10.3 Å². The zero-order valence-electron chi connectivity index (χ0n) is 15.3. The Labute approximate surface area is 163 Å². The van der Waals surface area contributed by atoms with Crippen molar-refractivity contribution in [1.82, 2.24) is 29.5 Å². The molecule has 1 aromatic carbocycles. The molecule has 0 amide bonds. The minimum absolute atomic E-state index is 0.158. The lowest BCUT2D eigenvalue weighted by atomic mass is 10.2. The van der Waals surface area contributed by atoms with Gasteiger partial charge in [-0.1, -0.05) is 6.07 Å². The van der Waals surface area contributed by atoms with Crippen molar-refractivity contribution in [2.24, 2.45) is 7.05 Å². The Morgan fingerprint density at radius 1 is 1.17 bits per heavy atom. The number of nitrogens with zero attached hydrogens (tertiary/aromatic N) is 5. The second-order valence-corrected chi connectivity index (χ2v) is 6.57. The van der Waals surface area contributed by atoms with Gasteiger partial charge in [0.25, 0.3) is 5.56 Å². The van der Waals surface area contributed by atoms with E-state index in [2.05, 4.69) is 20.3 Å². The fourth-order valence-corrected chi connectivity index (χ4v) is 3.41. The van der Waals surface area contributed by atoms with Crippen molar-refractivity contribution in [2.75, 3.05) is 0 Å². The lowest BCUT2D eigenvalue weighted by Gasteiger charge is -2.05. The number of aryl methyl sites for hydroxylation is 1. The first-order valence-electron chi connectivity index (χ1n) is 8.87. The molecule has 29 heavy (non-hydrogen) atoms. The van der Waals surface area contributed by atoms with Gasteiger partial charge in [-0.05, 0) is 24.3 Å². The Hall–Kier alpha value is -4.01. The Bertz CT molecular complexity index is 1400. The third kappa shape index (κ3) is 2.92. The van der Waals surface area contributed by atoms with E-state index in [4.69, 9.17) is 4.74 Å². The van der Waals surface area contributed by atoms with Gasteiger partial charge in [-0.15, -0.1) is 0 Å². The van der Waals surface area contributed by atoms with E-state index in [-0.39, 0.29) is 18.0 Å². The lowest BCUT2D eigenvalue weighted by Crippen LogP contribution is -2.24. The van der Waals surface area contributed by atoms with Gasteiger partial charge < -0.3 is 9.30 Å². The molecular weight excluding hydrogens is 375 g/mol. The van der Waals surface area contributed by atoms with Gasteiger partial charge in [0, 0.05) is 36.1 Å². The van der Waals surface area contributed by atoms with Gasteiger partial charge in [-0.3, -0.25) is 9.89 Å². The van der Waals surface area contributed by atoms with Crippen LogP contribution in [0.5, 0.6) is 11.6 Å². The Balaban J connectivity index is 1.61. The number of H-pyrrole nitrogens is 1. The predicted molar refractivity (Wildman–Crippen MR) is 104 cm³/mol. The smallest absolute Gasteiger partial charge is 0.291 e. The van der Waals surface area contributed by atoms with Crippen molar-refractivity contribution in [3.63, 3.8) is 0 Å². The molecule has 0 saturated carbocycles. The average Bonchev–Trinajstić information content (AvgIpc) is 3.31. The van der Waals surface area contributed by atoms with E-state index >= 15 is 0 Å². The molecule has 0 saturated heterocycles. The van der Waals surface area contributed by atoms with Gasteiger partial charge >= 0.3 is 0 Å². The van der Waals surface area contributed by atoms with Crippen LogP contribution in [0.25, 0.3) is 21.8 Å². The monoisotopic (exact) mass is 390 g/mol. The van der Waals surface area contributed by atoms with Crippen LogP contribution in [-0.2, 0) is 13.6 Å². The van der Waals surface area contributed by atoms with Gasteiger partial charge in [-0.25, -0.2) is 4.68 Å². The van der Waals surface area contributed by atoms with Crippen molar-refractivity contribution in [1.29, 1.82) is 0 Å². The summed E-state index contributed by atoms with van der Waals surface area (Å²) < 4.78 is 22.2. The van der Waals surface area contributed by atoms with Gasteiger partial charge in [-0.2, -0.15) is 19.6 Å². The van der Waals surface area contributed by atoms with Crippen molar-refractivity contribution in [3.05, 3.63) is 76.9 Å². The number of hydrogen-bond donors (Lipinski definition) is 1. The average molecular weight is 390 g/mol. The molecule has 0 fully saturated rings. The van der Waals surface area contributed by atoms with Crippen LogP contribution >= 0.6 is 0 Å². The number of pyridine rings is 1. The molecule has 5 rings (SSSR count). The summed E-state index contributed by atoms with van der Waals surface area (Å²) in [4.78, 5) is 16.7. The maximum Gasteiger partial charge on any atom is 0.291 e. The highest BCUT2D eigenvalue weighted by Crippen LogP contribution is 2.30. The number of benzene rings is 1. The van der Waals surface area contributed by atoms with Crippen LogP contribution in [0.15, 0.2) is 59.7 Å². The summed E-state index contributed by atoms with van der Waals surface area (Å²) in [6.07, 6.45) is 3.38. The minimum Gasteiger partial charge on any atom is -0.439 e. The Morgan fingerprint density at radius 2 is 2.07 bits per heavy atom. The minimum atomic E-state index is -0.614. The maximum atomic E-state index is 13.3. The molecule has 4 aromatic heterocycles. The zero-order valence-corrected chi connectivity index (χ0v) is 15.3. The molecule has 0 radical (unpaired) electrons. The fourth-order valence-electron chi connectivity index (χ4n) is 3.41. The summed E-state index contributed by atoms with van der Waals surface area (Å²) in [6.45, 7) is 0.277. The Kier molecular flexibility index (Phi) is 3.87. The van der Waals surface area contributed by atoms with E-state index in [1.54, 1.807) is 36.7 Å². The van der Waals surface area contributed by atoms with Gasteiger partial charge in [0.05, 0.1) is 24.0 Å². The van der Waals surface area contributed by atoms with Crippen LogP contribution in [0.3, 0.4) is 0 Å². The molecule has 0 aliphatic heterocycles. The number of ether oxygens (including phenoxy) is 1. The largest absolute Gasteiger partial charge is 0.439 e. The van der Waals surface area contributed by atoms with Gasteiger partial charge in [0.2, 0.25) is 11.8 Å². The first-order valence-corrected chi connectivity index (χ1v) is 8.87. The molecule has 0 aliphatic rings. The van der Waals surface area contributed by atoms with Gasteiger partial charge in [0.15, 0.2) is 0 Å². The third-order valence-corrected chi connectivity index (χ3v) is 4.76. The van der Waals surface area contributed by atoms with Crippen molar-refractivity contribution >= 4 is 21.8 Å². The second kappa shape index (κ2) is 6.55. The van der Waals surface area contributed by atoms with Crippen LogP contribution in [0, 0.1) is 5.95 Å². The normalized spacial score (nSPS) is 11.4. The summed E-state index contributed by atoms with van der Waals surface area (Å²) >= 11 is 0. The van der Waals surface area contributed by atoms with Crippen LogP contribution in [0.4, 0.5) is 4.39 Å². The molecule has 0 unspecified atom stereocenters. The summed E-state index contributed by atoms with van der Waals surface area (Å²) in [5.41, 5.74) is 1.84. The van der Waals surface area contributed by atoms with Crippen LogP contribution in [0.1, 0.15) is 5.69 Å². The molecule has 9 heteroatoms. The Morgan fingerprint density at radius 3 is 2.86 bits per heavy atom. The van der Waals surface area contributed by atoms with Crippen molar-refractivity contribution < 1.29 is 9.13 Å². The number of aromatic amines is 1. The van der Waals surface area contributed by atoms with E-state index in [0.29, 0.717) is 11.3 Å². The molecule has 0 spiro atoms. The summed E-state index contributed by atoms with van der Waals surface area (Å²) in [7, 11) is 1.81. The highest BCUT2D eigenvalue weighted by atomic mass is 19.1. The van der Waals surface area contributed by atoms with Crippen molar-refractivity contribution in [3.8, 4) is 11.6 Å². The van der Waals surface area contributed by atoms with Crippen LogP contribution in [0.2, 0.25) is 0 Å². The molecule has 8 nitrogen and oxygen atoms in total. The standard InChI is InChI=1S/C20H15FN6O2/c1-26-16-9-13(29-18-4-2-3-17(21)24-18)5-6-14(16)15-10-23-27(20(28)19(15)26)11-12-7-8-22-25-12/h2-10H,11H2,1H3,(H,22,25). The maximum absolute atomic E-state index is 13.3. The summed E-state index contributed by atoms with van der Waals surface area (Å²) in [5.74, 6) is 0.0363. The number of halogens is 1. The molecule has 144 valence electrons. The number of nitrogens with one attached hydrogen (secondary N) is 1. The van der Waals surface area contributed by atoms with E-state index in [1.165, 1.54) is 16.8 Å². The second-order valence-electron chi connectivity index (χ2n) is 6.57. The number of fused-ring (bicyclic) bond motifs is 3. The number of hydrogen-bond acceptors (Lipinski definition) is 5. The summed E-state index contributed by atoms with van der Waals surface area (Å²) in [5, 5.41) is 12.7. The highest BCUT2D eigenvalue weighted by molar-refractivity contribution is 6.07. The zero-order chi connectivity index (χ0) is 20.0. The topological polar surface area (TPSA) is 90.6 Å². The van der Waals surface area contributed by atoms with E-state index in [9.17, 15) is 9.18 Å². The number of rotatable bonds is 4.